The van der Waals surface area contributed by atoms with E-state index in [4.69, 9.17) is 27.9 Å². The van der Waals surface area contributed by atoms with Gasteiger partial charge in [-0.25, -0.2) is 0 Å². The van der Waals surface area contributed by atoms with Crippen molar-refractivity contribution < 1.29 is 9.53 Å². The molecule has 2 aromatic carbocycles. The molecule has 0 aliphatic carbocycles. The lowest BCUT2D eigenvalue weighted by Gasteiger charge is -2.39. The van der Waals surface area contributed by atoms with Crippen molar-refractivity contribution in [2.75, 3.05) is 13.1 Å². The fourth-order valence-corrected chi connectivity index (χ4v) is 5.00. The highest BCUT2D eigenvalue weighted by Crippen LogP contribution is 2.39. The second kappa shape index (κ2) is 8.78. The molecular formula is C24H28Cl2N2O2. The van der Waals surface area contributed by atoms with Gasteiger partial charge in [0.1, 0.15) is 11.4 Å². The molecule has 160 valence electrons. The Kier molecular flexibility index (Phi) is 6.29. The first-order valence-corrected chi connectivity index (χ1v) is 11.3. The van der Waals surface area contributed by atoms with Gasteiger partial charge in [0.15, 0.2) is 0 Å². The SMILES string of the molecule is CC1(C)CC(NC(=O)C2CCN(Cc3c(Cl)cccc3Cl)CC2)c2ccccc2O1. The van der Waals surface area contributed by atoms with Crippen LogP contribution in [0.25, 0.3) is 0 Å². The van der Waals surface area contributed by atoms with Crippen molar-refractivity contribution >= 4 is 29.1 Å². The zero-order valence-corrected chi connectivity index (χ0v) is 19.0. The molecule has 4 nitrogen and oxygen atoms in total. The number of para-hydroxylation sites is 1. The maximum atomic E-state index is 13.0. The number of carbonyl (C=O) groups is 1. The van der Waals surface area contributed by atoms with Gasteiger partial charge in [-0.3, -0.25) is 9.69 Å². The van der Waals surface area contributed by atoms with Crippen molar-refractivity contribution in [2.24, 2.45) is 5.92 Å². The van der Waals surface area contributed by atoms with E-state index in [1.165, 1.54) is 0 Å². The Hall–Kier alpha value is -1.75. The maximum Gasteiger partial charge on any atom is 0.223 e. The van der Waals surface area contributed by atoms with Gasteiger partial charge >= 0.3 is 0 Å². The predicted molar refractivity (Wildman–Crippen MR) is 121 cm³/mol. The van der Waals surface area contributed by atoms with Gasteiger partial charge in [0, 0.05) is 40.1 Å². The lowest BCUT2D eigenvalue weighted by molar-refractivity contribution is -0.127. The van der Waals surface area contributed by atoms with Crippen molar-refractivity contribution in [3.05, 3.63) is 63.6 Å². The second-order valence-corrected chi connectivity index (χ2v) is 9.73. The van der Waals surface area contributed by atoms with E-state index in [2.05, 4.69) is 24.1 Å². The van der Waals surface area contributed by atoms with E-state index in [1.54, 1.807) is 0 Å². The molecule has 1 fully saturated rings. The van der Waals surface area contributed by atoms with E-state index in [0.717, 1.165) is 49.2 Å². The molecule has 0 saturated carbocycles. The molecule has 1 saturated heterocycles. The van der Waals surface area contributed by atoms with Gasteiger partial charge < -0.3 is 10.1 Å². The zero-order chi connectivity index (χ0) is 21.3. The summed E-state index contributed by atoms with van der Waals surface area (Å²) in [6.07, 6.45) is 2.43. The van der Waals surface area contributed by atoms with Crippen molar-refractivity contribution in [1.29, 1.82) is 0 Å². The first kappa shape index (κ1) is 21.5. The molecule has 4 rings (SSSR count). The highest BCUT2D eigenvalue weighted by molar-refractivity contribution is 6.35. The molecule has 1 atom stereocenters. The van der Waals surface area contributed by atoms with E-state index >= 15 is 0 Å². The molecule has 2 aliphatic rings. The number of piperidine rings is 1. The lowest BCUT2D eigenvalue weighted by Crippen LogP contribution is -2.45. The monoisotopic (exact) mass is 446 g/mol. The fraction of sp³-hybridized carbons (Fsp3) is 0.458. The first-order valence-electron chi connectivity index (χ1n) is 10.6. The number of carbonyl (C=O) groups excluding carboxylic acids is 1. The Morgan fingerprint density at radius 2 is 1.77 bits per heavy atom. The predicted octanol–water partition coefficient (Wildman–Crippen LogP) is 5.62. The van der Waals surface area contributed by atoms with Crippen molar-refractivity contribution in [3.8, 4) is 5.75 Å². The molecule has 30 heavy (non-hydrogen) atoms. The van der Waals surface area contributed by atoms with Crippen LogP contribution < -0.4 is 10.1 Å². The van der Waals surface area contributed by atoms with E-state index in [1.807, 2.05) is 42.5 Å². The van der Waals surface area contributed by atoms with Gasteiger partial charge in [-0.15, -0.1) is 0 Å². The quantitative estimate of drug-likeness (QED) is 0.661. The van der Waals surface area contributed by atoms with Crippen LogP contribution in [0.1, 0.15) is 50.3 Å². The van der Waals surface area contributed by atoms with Crippen LogP contribution in [0.2, 0.25) is 10.0 Å². The largest absolute Gasteiger partial charge is 0.487 e. The van der Waals surface area contributed by atoms with Gasteiger partial charge in [0.2, 0.25) is 5.91 Å². The number of hydrogen-bond acceptors (Lipinski definition) is 3. The number of nitrogens with one attached hydrogen (secondary N) is 1. The molecule has 0 spiro atoms. The highest BCUT2D eigenvalue weighted by atomic mass is 35.5. The summed E-state index contributed by atoms with van der Waals surface area (Å²) in [5, 5.41) is 4.70. The molecule has 0 aromatic heterocycles. The zero-order valence-electron chi connectivity index (χ0n) is 17.5. The Balaban J connectivity index is 1.36. The summed E-state index contributed by atoms with van der Waals surface area (Å²) in [6, 6.07) is 13.6. The topological polar surface area (TPSA) is 41.6 Å². The molecule has 6 heteroatoms. The van der Waals surface area contributed by atoms with E-state index in [-0.39, 0.29) is 23.5 Å². The molecular weight excluding hydrogens is 419 g/mol. The van der Waals surface area contributed by atoms with Crippen LogP contribution in [0.15, 0.2) is 42.5 Å². The summed E-state index contributed by atoms with van der Waals surface area (Å²) in [6.45, 7) is 6.57. The number of benzene rings is 2. The van der Waals surface area contributed by atoms with Gasteiger partial charge in [0.05, 0.1) is 6.04 Å². The average Bonchev–Trinajstić information content (AvgIpc) is 2.70. The summed E-state index contributed by atoms with van der Waals surface area (Å²) in [7, 11) is 0. The van der Waals surface area contributed by atoms with Crippen molar-refractivity contribution in [3.63, 3.8) is 0 Å². The van der Waals surface area contributed by atoms with Gasteiger partial charge in [-0.1, -0.05) is 47.5 Å². The molecule has 2 heterocycles. The van der Waals surface area contributed by atoms with Crippen LogP contribution in [0.3, 0.4) is 0 Å². The number of hydrogen-bond donors (Lipinski definition) is 1. The van der Waals surface area contributed by atoms with E-state index < -0.39 is 0 Å². The number of fused-ring (bicyclic) bond motifs is 1. The van der Waals surface area contributed by atoms with E-state index in [0.29, 0.717) is 16.6 Å². The smallest absolute Gasteiger partial charge is 0.223 e. The Bertz CT molecular complexity index is 903. The molecule has 0 bridgehead atoms. The van der Waals surface area contributed by atoms with Gasteiger partial charge in [0.25, 0.3) is 0 Å². The highest BCUT2D eigenvalue weighted by Gasteiger charge is 2.36. The van der Waals surface area contributed by atoms with Crippen LogP contribution in [-0.2, 0) is 11.3 Å². The van der Waals surface area contributed by atoms with Gasteiger partial charge in [-0.05, 0) is 58.0 Å². The minimum atomic E-state index is -0.302. The number of nitrogens with zero attached hydrogens (tertiary/aromatic N) is 1. The third-order valence-electron chi connectivity index (χ3n) is 6.09. The van der Waals surface area contributed by atoms with Crippen LogP contribution >= 0.6 is 23.2 Å². The van der Waals surface area contributed by atoms with Gasteiger partial charge in [-0.2, -0.15) is 0 Å². The Morgan fingerprint density at radius 1 is 1.10 bits per heavy atom. The molecule has 1 N–H and O–H groups in total. The lowest BCUT2D eigenvalue weighted by atomic mass is 9.88. The van der Waals surface area contributed by atoms with Crippen molar-refractivity contribution in [1.82, 2.24) is 10.2 Å². The summed E-state index contributed by atoms with van der Waals surface area (Å²) in [5.74, 6) is 1.04. The van der Waals surface area contributed by atoms with Crippen LogP contribution in [-0.4, -0.2) is 29.5 Å². The third kappa shape index (κ3) is 4.77. The number of halogens is 2. The minimum absolute atomic E-state index is 0.0163. The van der Waals surface area contributed by atoms with Crippen LogP contribution in [0.5, 0.6) is 5.75 Å². The third-order valence-corrected chi connectivity index (χ3v) is 6.80. The molecule has 2 aromatic rings. The maximum absolute atomic E-state index is 13.0. The average molecular weight is 447 g/mol. The molecule has 0 radical (unpaired) electrons. The first-order chi connectivity index (χ1) is 14.3. The minimum Gasteiger partial charge on any atom is -0.487 e. The van der Waals surface area contributed by atoms with Crippen LogP contribution in [0.4, 0.5) is 0 Å². The summed E-state index contributed by atoms with van der Waals surface area (Å²) in [5.41, 5.74) is 1.73. The molecule has 2 aliphatic heterocycles. The number of ether oxygens (including phenoxy) is 1. The Morgan fingerprint density at radius 3 is 2.47 bits per heavy atom. The molecule has 1 amide bonds. The van der Waals surface area contributed by atoms with E-state index in [9.17, 15) is 4.79 Å². The number of amides is 1. The summed E-state index contributed by atoms with van der Waals surface area (Å²) < 4.78 is 6.09. The second-order valence-electron chi connectivity index (χ2n) is 8.92. The fourth-order valence-electron chi connectivity index (χ4n) is 4.48. The molecule has 1 unspecified atom stereocenters. The standard InChI is InChI=1S/C24H28Cl2N2O2/c1-24(2)14-21(17-6-3-4-9-22(17)30-24)27-23(29)16-10-12-28(13-11-16)15-18-19(25)7-5-8-20(18)26/h3-9,16,21H,10-15H2,1-2H3,(H,27,29). The normalized spacial score (nSPS) is 21.5. The summed E-state index contributed by atoms with van der Waals surface area (Å²) in [4.78, 5) is 15.4. The van der Waals surface area contributed by atoms with Crippen LogP contribution in [0, 0.1) is 5.92 Å². The Labute approximate surface area is 188 Å². The van der Waals surface area contributed by atoms with Crippen molar-refractivity contribution in [2.45, 2.75) is 51.3 Å². The number of likely N-dealkylation sites (tertiary alicyclic amines) is 1. The summed E-state index contributed by atoms with van der Waals surface area (Å²) >= 11 is 12.6. The number of rotatable bonds is 4.